The topological polar surface area (TPSA) is 45.2 Å². The molecule has 5 heteroatoms. The second kappa shape index (κ2) is 4.63. The summed E-state index contributed by atoms with van der Waals surface area (Å²) < 4.78 is 0. The molecule has 2 aliphatic rings. The maximum absolute atomic E-state index is 12.4. The van der Waals surface area contributed by atoms with Crippen molar-refractivity contribution in [3.8, 4) is 0 Å². The first-order chi connectivity index (χ1) is 8.71. The van der Waals surface area contributed by atoms with Gasteiger partial charge >= 0.3 is 0 Å². The van der Waals surface area contributed by atoms with Gasteiger partial charge in [0, 0.05) is 18.3 Å². The van der Waals surface area contributed by atoms with Crippen LogP contribution in [0.15, 0.2) is 10.9 Å². The van der Waals surface area contributed by atoms with Crippen molar-refractivity contribution in [2.75, 3.05) is 20.1 Å². The maximum atomic E-state index is 12.4. The van der Waals surface area contributed by atoms with Crippen LogP contribution in [0, 0.1) is 11.3 Å². The third kappa shape index (κ3) is 2.17. The molecule has 2 heterocycles. The quantitative estimate of drug-likeness (QED) is 0.900. The molecule has 0 radical (unpaired) electrons. The highest BCUT2D eigenvalue weighted by Gasteiger charge is 2.58. The molecule has 1 aromatic heterocycles. The van der Waals surface area contributed by atoms with Crippen molar-refractivity contribution in [1.29, 1.82) is 0 Å². The summed E-state index contributed by atoms with van der Waals surface area (Å²) in [4.78, 5) is 18.5. The number of carbonyl (C=O) groups is 1. The summed E-state index contributed by atoms with van der Waals surface area (Å²) in [5, 5.41) is 5.38. The fourth-order valence-electron chi connectivity index (χ4n) is 3.08. The zero-order chi connectivity index (χ0) is 12.6. The van der Waals surface area contributed by atoms with E-state index in [1.807, 2.05) is 22.8 Å². The van der Waals surface area contributed by atoms with Crippen molar-refractivity contribution in [3.63, 3.8) is 0 Å². The molecule has 4 nitrogen and oxygen atoms in total. The van der Waals surface area contributed by atoms with Gasteiger partial charge in [0.2, 0.25) is 5.91 Å². The zero-order valence-corrected chi connectivity index (χ0v) is 11.5. The van der Waals surface area contributed by atoms with Crippen LogP contribution in [0.5, 0.6) is 0 Å². The smallest absolute Gasteiger partial charge is 0.226 e. The number of nitrogens with zero attached hydrogens (tertiary/aromatic N) is 2. The summed E-state index contributed by atoms with van der Waals surface area (Å²) >= 11 is 1.58. The predicted molar refractivity (Wildman–Crippen MR) is 71.2 cm³/mol. The van der Waals surface area contributed by atoms with E-state index < -0.39 is 0 Å². The van der Waals surface area contributed by atoms with Crippen LogP contribution >= 0.6 is 11.3 Å². The van der Waals surface area contributed by atoms with Gasteiger partial charge in [-0.2, -0.15) is 0 Å². The minimum absolute atomic E-state index is 0.267. The molecule has 98 valence electrons. The normalized spacial score (nSPS) is 25.1. The van der Waals surface area contributed by atoms with Gasteiger partial charge in [-0.1, -0.05) is 0 Å². The van der Waals surface area contributed by atoms with Crippen molar-refractivity contribution in [3.05, 3.63) is 16.6 Å². The molecule has 1 N–H and O–H groups in total. The second-order valence-corrected chi connectivity index (χ2v) is 6.26. The first-order valence-corrected chi connectivity index (χ1v) is 7.48. The molecule has 1 aliphatic carbocycles. The molecule has 1 amide bonds. The van der Waals surface area contributed by atoms with Crippen LogP contribution in [0.25, 0.3) is 0 Å². The van der Waals surface area contributed by atoms with Crippen LogP contribution in [0.4, 0.5) is 0 Å². The van der Waals surface area contributed by atoms with Crippen LogP contribution in [-0.4, -0.2) is 35.9 Å². The van der Waals surface area contributed by atoms with Crippen molar-refractivity contribution in [2.24, 2.45) is 11.3 Å². The number of hydrogen-bond donors (Lipinski definition) is 1. The van der Waals surface area contributed by atoms with Crippen LogP contribution in [0.1, 0.15) is 25.0 Å². The Kier molecular flexibility index (Phi) is 3.11. The fraction of sp³-hybridized carbons (Fsp3) is 0.692. The van der Waals surface area contributed by atoms with E-state index in [0.29, 0.717) is 17.9 Å². The van der Waals surface area contributed by atoms with Gasteiger partial charge in [-0.3, -0.25) is 4.79 Å². The Labute approximate surface area is 111 Å². The Hall–Kier alpha value is -0.940. The summed E-state index contributed by atoms with van der Waals surface area (Å²) in [7, 11) is 1.90. The Morgan fingerprint density at radius 3 is 3.06 bits per heavy atom. The van der Waals surface area contributed by atoms with Gasteiger partial charge in [0.05, 0.1) is 17.7 Å². The molecule has 1 saturated carbocycles. The molecule has 18 heavy (non-hydrogen) atoms. The lowest BCUT2D eigenvalue weighted by atomic mass is 9.91. The third-order valence-corrected chi connectivity index (χ3v) is 4.98. The molecule has 3 rings (SSSR count). The first-order valence-electron chi connectivity index (χ1n) is 6.54. The summed E-state index contributed by atoms with van der Waals surface area (Å²) in [6.45, 7) is 2.78. The minimum atomic E-state index is 0.267. The number of rotatable bonds is 3. The van der Waals surface area contributed by atoms with Crippen molar-refractivity contribution in [1.82, 2.24) is 15.2 Å². The van der Waals surface area contributed by atoms with Gasteiger partial charge in [-0.05, 0) is 37.8 Å². The molecular weight excluding hydrogens is 246 g/mol. The molecule has 2 fully saturated rings. The number of thiazole rings is 1. The van der Waals surface area contributed by atoms with E-state index in [2.05, 4.69) is 10.3 Å². The largest absolute Gasteiger partial charge is 0.340 e. The molecular formula is C13H19N3OS. The Morgan fingerprint density at radius 2 is 2.39 bits per heavy atom. The van der Waals surface area contributed by atoms with Gasteiger partial charge in [0.15, 0.2) is 0 Å². The van der Waals surface area contributed by atoms with E-state index in [4.69, 9.17) is 0 Å². The second-order valence-electron chi connectivity index (χ2n) is 5.54. The van der Waals surface area contributed by atoms with Gasteiger partial charge in [0.1, 0.15) is 0 Å². The van der Waals surface area contributed by atoms with Gasteiger partial charge in [-0.25, -0.2) is 4.98 Å². The lowest BCUT2D eigenvalue weighted by Gasteiger charge is -2.24. The highest BCUT2D eigenvalue weighted by molar-refractivity contribution is 7.07. The van der Waals surface area contributed by atoms with E-state index in [1.54, 1.807) is 11.3 Å². The molecule has 0 unspecified atom stereocenters. The molecule has 1 spiro atoms. The highest BCUT2D eigenvalue weighted by atomic mass is 32.1. The number of amides is 1. The molecule has 0 aromatic carbocycles. The monoisotopic (exact) mass is 265 g/mol. The Bertz CT molecular complexity index is 425. The average Bonchev–Trinajstić information content (AvgIpc) is 2.84. The SMILES string of the molecule is CN(Cc1cscn1)C(=O)[C@H]1CC12CCNCC2. The highest BCUT2D eigenvalue weighted by Crippen LogP contribution is 2.59. The summed E-state index contributed by atoms with van der Waals surface area (Å²) in [5.74, 6) is 0.577. The minimum Gasteiger partial charge on any atom is -0.340 e. The van der Waals surface area contributed by atoms with Crippen LogP contribution in [0.3, 0.4) is 0 Å². The van der Waals surface area contributed by atoms with E-state index in [9.17, 15) is 4.79 Å². The molecule has 0 bridgehead atoms. The zero-order valence-electron chi connectivity index (χ0n) is 10.7. The fourth-order valence-corrected chi connectivity index (χ4v) is 3.63. The summed E-state index contributed by atoms with van der Waals surface area (Å²) in [5.41, 5.74) is 3.15. The van der Waals surface area contributed by atoms with Crippen LogP contribution < -0.4 is 5.32 Å². The van der Waals surface area contributed by atoms with E-state index in [1.165, 1.54) is 0 Å². The number of hydrogen-bond acceptors (Lipinski definition) is 4. The number of piperidine rings is 1. The number of nitrogens with one attached hydrogen (secondary N) is 1. The third-order valence-electron chi connectivity index (χ3n) is 4.35. The molecule has 1 atom stereocenters. The first kappa shape index (κ1) is 12.1. The maximum Gasteiger partial charge on any atom is 0.226 e. The van der Waals surface area contributed by atoms with Crippen molar-refractivity contribution in [2.45, 2.75) is 25.8 Å². The summed E-state index contributed by atoms with van der Waals surface area (Å²) in [6.07, 6.45) is 3.41. The van der Waals surface area contributed by atoms with E-state index in [-0.39, 0.29) is 5.92 Å². The Morgan fingerprint density at radius 1 is 1.61 bits per heavy atom. The van der Waals surface area contributed by atoms with E-state index in [0.717, 1.165) is 38.0 Å². The van der Waals surface area contributed by atoms with Gasteiger partial charge in [0.25, 0.3) is 0 Å². The lowest BCUT2D eigenvalue weighted by Crippen LogP contribution is -2.34. The molecule has 1 aromatic rings. The predicted octanol–water partition coefficient (Wildman–Crippen LogP) is 1.49. The average molecular weight is 265 g/mol. The Balaban J connectivity index is 1.58. The lowest BCUT2D eigenvalue weighted by molar-refractivity contribution is -0.132. The van der Waals surface area contributed by atoms with Crippen molar-refractivity contribution < 1.29 is 4.79 Å². The number of aromatic nitrogens is 1. The summed E-state index contributed by atoms with van der Waals surface area (Å²) in [6, 6.07) is 0. The van der Waals surface area contributed by atoms with Gasteiger partial charge < -0.3 is 10.2 Å². The number of carbonyl (C=O) groups excluding carboxylic acids is 1. The molecule has 1 saturated heterocycles. The standard InChI is InChI=1S/C13H19N3OS/c1-16(7-10-8-18-9-15-10)12(17)11-6-13(11)2-4-14-5-3-13/h8-9,11,14H,2-7H2,1H3/t11-/m1/s1. The van der Waals surface area contributed by atoms with E-state index >= 15 is 0 Å². The van der Waals surface area contributed by atoms with Crippen molar-refractivity contribution >= 4 is 17.2 Å². The van der Waals surface area contributed by atoms with Crippen LogP contribution in [0.2, 0.25) is 0 Å². The van der Waals surface area contributed by atoms with Gasteiger partial charge in [-0.15, -0.1) is 11.3 Å². The van der Waals surface area contributed by atoms with Crippen LogP contribution in [-0.2, 0) is 11.3 Å². The molecule has 1 aliphatic heterocycles.